The third-order valence-electron chi connectivity index (χ3n) is 2.22. The molecule has 0 bridgehead atoms. The van der Waals surface area contributed by atoms with Crippen molar-refractivity contribution < 1.29 is 9.84 Å². The van der Waals surface area contributed by atoms with Crippen molar-refractivity contribution >= 4 is 27.6 Å². The Morgan fingerprint density at radius 2 is 2.29 bits per heavy atom. The van der Waals surface area contributed by atoms with Crippen LogP contribution in [0.2, 0.25) is 0 Å². The highest BCUT2D eigenvalue weighted by molar-refractivity contribution is 7.13. The standard InChI is InChI=1S/C10H14N4O2S/c1-7-8-9(11-2-4-16-5-3-15)12-6-13-10(8)17-14-7/h6,15H,2-5H2,1H3,(H,11,12,13). The number of hydrogen-bond acceptors (Lipinski definition) is 7. The summed E-state index contributed by atoms with van der Waals surface area (Å²) >= 11 is 1.37. The van der Waals surface area contributed by atoms with Gasteiger partial charge in [-0.25, -0.2) is 9.97 Å². The number of rotatable bonds is 6. The smallest absolute Gasteiger partial charge is 0.149 e. The summed E-state index contributed by atoms with van der Waals surface area (Å²) in [6, 6.07) is 0. The van der Waals surface area contributed by atoms with E-state index >= 15 is 0 Å². The van der Waals surface area contributed by atoms with Gasteiger partial charge in [0.1, 0.15) is 17.0 Å². The van der Waals surface area contributed by atoms with Gasteiger partial charge in [-0.15, -0.1) is 0 Å². The maximum Gasteiger partial charge on any atom is 0.149 e. The molecule has 0 unspecified atom stereocenters. The molecule has 0 aliphatic carbocycles. The van der Waals surface area contributed by atoms with Crippen molar-refractivity contribution in [3.8, 4) is 0 Å². The molecule has 2 N–H and O–H groups in total. The van der Waals surface area contributed by atoms with Gasteiger partial charge in [0.05, 0.1) is 30.9 Å². The van der Waals surface area contributed by atoms with Crippen molar-refractivity contribution in [2.24, 2.45) is 0 Å². The van der Waals surface area contributed by atoms with Crippen LogP contribution in [0, 0.1) is 6.92 Å². The van der Waals surface area contributed by atoms with E-state index in [0.717, 1.165) is 21.7 Å². The van der Waals surface area contributed by atoms with Gasteiger partial charge >= 0.3 is 0 Å². The molecular weight excluding hydrogens is 240 g/mol. The quantitative estimate of drug-likeness (QED) is 0.743. The molecule has 7 heteroatoms. The molecule has 0 saturated carbocycles. The Labute approximate surface area is 103 Å². The topological polar surface area (TPSA) is 80.2 Å². The predicted molar refractivity (Wildman–Crippen MR) is 66.3 cm³/mol. The minimum Gasteiger partial charge on any atom is -0.394 e. The summed E-state index contributed by atoms with van der Waals surface area (Å²) in [7, 11) is 0. The largest absolute Gasteiger partial charge is 0.394 e. The average Bonchev–Trinajstić information content (AvgIpc) is 2.72. The molecule has 2 aromatic heterocycles. The van der Waals surface area contributed by atoms with Crippen molar-refractivity contribution in [1.82, 2.24) is 14.3 Å². The van der Waals surface area contributed by atoms with Crippen molar-refractivity contribution in [1.29, 1.82) is 0 Å². The maximum atomic E-state index is 8.56. The number of aryl methyl sites for hydroxylation is 1. The molecule has 6 nitrogen and oxygen atoms in total. The lowest BCUT2D eigenvalue weighted by molar-refractivity contribution is 0.0992. The van der Waals surface area contributed by atoms with Gasteiger partial charge in [0, 0.05) is 6.54 Å². The molecule has 0 aliphatic rings. The van der Waals surface area contributed by atoms with Crippen molar-refractivity contribution in [2.75, 3.05) is 31.7 Å². The zero-order valence-electron chi connectivity index (χ0n) is 9.51. The van der Waals surface area contributed by atoms with Crippen LogP contribution in [0.15, 0.2) is 6.33 Å². The van der Waals surface area contributed by atoms with E-state index in [2.05, 4.69) is 19.7 Å². The molecule has 0 radical (unpaired) electrons. The zero-order chi connectivity index (χ0) is 12.1. The van der Waals surface area contributed by atoms with Crippen LogP contribution in [0.25, 0.3) is 10.2 Å². The van der Waals surface area contributed by atoms with Gasteiger partial charge in [0.15, 0.2) is 0 Å². The van der Waals surface area contributed by atoms with Crippen LogP contribution in [0.3, 0.4) is 0 Å². The molecule has 2 heterocycles. The monoisotopic (exact) mass is 254 g/mol. The van der Waals surface area contributed by atoms with Crippen LogP contribution in [0.5, 0.6) is 0 Å². The fourth-order valence-electron chi connectivity index (χ4n) is 1.46. The predicted octanol–water partition coefficient (Wildman–Crippen LogP) is 0.816. The number of nitrogens with zero attached hydrogens (tertiary/aromatic N) is 3. The fourth-order valence-corrected chi connectivity index (χ4v) is 2.21. The van der Waals surface area contributed by atoms with E-state index in [1.165, 1.54) is 17.9 Å². The summed E-state index contributed by atoms with van der Waals surface area (Å²) in [6.07, 6.45) is 1.52. The SMILES string of the molecule is Cc1nsc2ncnc(NCCOCCO)c12. The molecule has 0 fully saturated rings. The van der Waals surface area contributed by atoms with E-state index < -0.39 is 0 Å². The number of aliphatic hydroxyl groups excluding tert-OH is 1. The number of hydrogen-bond donors (Lipinski definition) is 2. The molecule has 2 rings (SSSR count). The van der Waals surface area contributed by atoms with Gasteiger partial charge in [-0.1, -0.05) is 0 Å². The summed E-state index contributed by atoms with van der Waals surface area (Å²) in [4.78, 5) is 9.24. The molecule has 0 aliphatic heterocycles. The molecule has 0 atom stereocenters. The summed E-state index contributed by atoms with van der Waals surface area (Å²) in [6.45, 7) is 3.52. The number of aliphatic hydroxyl groups is 1. The Morgan fingerprint density at radius 1 is 1.41 bits per heavy atom. The number of aromatic nitrogens is 3. The Morgan fingerprint density at radius 3 is 3.12 bits per heavy atom. The molecule has 17 heavy (non-hydrogen) atoms. The van der Waals surface area contributed by atoms with E-state index in [1.54, 1.807) is 0 Å². The fraction of sp³-hybridized carbons (Fsp3) is 0.500. The third-order valence-corrected chi connectivity index (χ3v) is 3.07. The van der Waals surface area contributed by atoms with E-state index in [1.807, 2.05) is 6.92 Å². The van der Waals surface area contributed by atoms with E-state index in [0.29, 0.717) is 19.8 Å². The minimum absolute atomic E-state index is 0.0469. The number of fused-ring (bicyclic) bond motifs is 1. The normalized spacial score (nSPS) is 10.9. The van der Waals surface area contributed by atoms with Gasteiger partial charge in [-0.2, -0.15) is 4.37 Å². The molecule has 0 amide bonds. The van der Waals surface area contributed by atoms with Crippen molar-refractivity contribution in [3.05, 3.63) is 12.0 Å². The molecule has 0 spiro atoms. The van der Waals surface area contributed by atoms with Crippen LogP contribution in [0.4, 0.5) is 5.82 Å². The van der Waals surface area contributed by atoms with E-state index in [4.69, 9.17) is 9.84 Å². The first kappa shape index (κ1) is 12.2. The second-order valence-electron chi connectivity index (χ2n) is 3.43. The van der Waals surface area contributed by atoms with Crippen LogP contribution in [-0.4, -0.2) is 45.8 Å². The molecular formula is C10H14N4O2S. The number of ether oxygens (including phenoxy) is 1. The lowest BCUT2D eigenvalue weighted by Gasteiger charge is -2.06. The van der Waals surface area contributed by atoms with Gasteiger partial charge in [-0.05, 0) is 18.5 Å². The van der Waals surface area contributed by atoms with Crippen molar-refractivity contribution in [2.45, 2.75) is 6.92 Å². The maximum absolute atomic E-state index is 8.56. The average molecular weight is 254 g/mol. The highest BCUT2D eigenvalue weighted by Gasteiger charge is 2.09. The highest BCUT2D eigenvalue weighted by atomic mass is 32.1. The summed E-state index contributed by atoms with van der Waals surface area (Å²) in [5.74, 6) is 0.786. The minimum atomic E-state index is 0.0469. The lowest BCUT2D eigenvalue weighted by atomic mass is 10.3. The van der Waals surface area contributed by atoms with E-state index in [9.17, 15) is 0 Å². The van der Waals surface area contributed by atoms with Crippen LogP contribution >= 0.6 is 11.5 Å². The summed E-state index contributed by atoms with van der Waals surface area (Å²) in [5, 5.41) is 12.7. The zero-order valence-corrected chi connectivity index (χ0v) is 10.3. The van der Waals surface area contributed by atoms with Crippen LogP contribution in [0.1, 0.15) is 5.69 Å². The first-order chi connectivity index (χ1) is 8.33. The highest BCUT2D eigenvalue weighted by Crippen LogP contribution is 2.25. The second kappa shape index (κ2) is 5.85. The Balaban J connectivity index is 2.00. The lowest BCUT2D eigenvalue weighted by Crippen LogP contribution is -2.12. The molecule has 2 aromatic rings. The summed E-state index contributed by atoms with van der Waals surface area (Å²) in [5.41, 5.74) is 0.935. The molecule has 0 saturated heterocycles. The molecule has 92 valence electrons. The summed E-state index contributed by atoms with van der Waals surface area (Å²) < 4.78 is 9.41. The number of anilines is 1. The Kier molecular flexibility index (Phi) is 4.18. The van der Waals surface area contributed by atoms with Crippen LogP contribution in [-0.2, 0) is 4.74 Å². The van der Waals surface area contributed by atoms with E-state index in [-0.39, 0.29) is 6.61 Å². The third kappa shape index (κ3) is 2.87. The van der Waals surface area contributed by atoms with Gasteiger partial charge < -0.3 is 15.2 Å². The number of nitrogens with one attached hydrogen (secondary N) is 1. The van der Waals surface area contributed by atoms with Crippen LogP contribution < -0.4 is 5.32 Å². The molecule has 0 aromatic carbocycles. The van der Waals surface area contributed by atoms with Crippen molar-refractivity contribution in [3.63, 3.8) is 0 Å². The first-order valence-corrected chi connectivity index (χ1v) is 6.09. The first-order valence-electron chi connectivity index (χ1n) is 5.32. The Hall–Kier alpha value is -1.31. The Bertz CT molecular complexity index is 488. The van der Waals surface area contributed by atoms with Gasteiger partial charge in [0.2, 0.25) is 0 Å². The van der Waals surface area contributed by atoms with Gasteiger partial charge in [-0.3, -0.25) is 0 Å². The van der Waals surface area contributed by atoms with Gasteiger partial charge in [0.25, 0.3) is 0 Å². The second-order valence-corrected chi connectivity index (χ2v) is 4.19.